The highest BCUT2D eigenvalue weighted by molar-refractivity contribution is 9.11. The number of rotatable bonds is 8. The summed E-state index contributed by atoms with van der Waals surface area (Å²) in [4.78, 5) is 59.8. The van der Waals surface area contributed by atoms with Crippen molar-refractivity contribution in [3.63, 3.8) is 0 Å². The number of ether oxygens (including phenoxy) is 2. The van der Waals surface area contributed by atoms with E-state index >= 15 is 0 Å². The maximum atomic E-state index is 14.1. The third kappa shape index (κ3) is 8.15. The summed E-state index contributed by atoms with van der Waals surface area (Å²) in [5.41, 5.74) is 2.77. The number of urea groups is 2. The van der Waals surface area contributed by atoms with Gasteiger partial charge in [0.05, 0.1) is 8.95 Å². The zero-order valence-electron chi connectivity index (χ0n) is 26.9. The molecule has 6 rings (SSSR count). The normalized spacial score (nSPS) is 20.4. The lowest BCUT2D eigenvalue weighted by Crippen LogP contribution is -2.59. The fourth-order valence-electron chi connectivity index (χ4n) is 7.26. The molecule has 0 spiro atoms. The molecule has 0 saturated carbocycles. The van der Waals surface area contributed by atoms with Gasteiger partial charge in [-0.15, -0.1) is 0 Å². The molecule has 258 valence electrons. The summed E-state index contributed by atoms with van der Waals surface area (Å²) in [6.45, 7) is 6.25. The van der Waals surface area contributed by atoms with Crippen LogP contribution in [0, 0.1) is 0 Å². The van der Waals surface area contributed by atoms with Crippen molar-refractivity contribution in [3.05, 3.63) is 56.5 Å². The maximum absolute atomic E-state index is 14.1. The van der Waals surface area contributed by atoms with Crippen molar-refractivity contribution < 1.29 is 28.7 Å². The Kier molecular flexibility index (Phi) is 11.6. The molecule has 0 radical (unpaired) electrons. The van der Waals surface area contributed by atoms with E-state index in [1.54, 1.807) is 17.0 Å². The average Bonchev–Trinajstić information content (AvgIpc) is 3.27. The monoisotopic (exact) mass is 788 g/mol. The van der Waals surface area contributed by atoms with Gasteiger partial charge in [-0.2, -0.15) is 0 Å². The highest BCUT2D eigenvalue weighted by Crippen LogP contribution is 2.35. The number of benzene rings is 2. The van der Waals surface area contributed by atoms with Crippen LogP contribution in [0.3, 0.4) is 0 Å². The second-order valence-electron chi connectivity index (χ2n) is 12.8. The van der Waals surface area contributed by atoms with E-state index in [9.17, 15) is 19.2 Å². The van der Waals surface area contributed by atoms with Crippen molar-refractivity contribution in [2.24, 2.45) is 0 Å². The van der Waals surface area contributed by atoms with Crippen molar-refractivity contribution in [2.75, 3.05) is 64.3 Å². The molecule has 3 saturated heterocycles. The molecule has 5 amide bonds. The van der Waals surface area contributed by atoms with Crippen molar-refractivity contribution in [1.82, 2.24) is 24.9 Å². The molecule has 2 aromatic carbocycles. The SMILES string of the molecule is O=COc1c(Br)cc(C[C@@H](NC(=O)N2CCC(N3CCc4ccccc4NC3=O)CC2)C(=O)N2CCN(C3CCOCC3)CC2)cc1Br. The van der Waals surface area contributed by atoms with Crippen LogP contribution in [0.1, 0.15) is 36.8 Å². The fourth-order valence-corrected chi connectivity index (χ4v) is 8.73. The van der Waals surface area contributed by atoms with Crippen LogP contribution >= 0.6 is 31.9 Å². The predicted octanol–water partition coefficient (Wildman–Crippen LogP) is 4.25. The summed E-state index contributed by atoms with van der Waals surface area (Å²) in [6, 6.07) is 10.8. The van der Waals surface area contributed by atoms with Gasteiger partial charge in [-0.05, 0) is 93.3 Å². The number of carbonyl (C=O) groups is 4. The summed E-state index contributed by atoms with van der Waals surface area (Å²) in [5, 5.41) is 6.11. The van der Waals surface area contributed by atoms with E-state index in [2.05, 4.69) is 47.4 Å². The molecule has 0 unspecified atom stereocenters. The van der Waals surface area contributed by atoms with Crippen LogP contribution < -0.4 is 15.4 Å². The van der Waals surface area contributed by atoms with E-state index in [1.165, 1.54) is 0 Å². The topological polar surface area (TPSA) is 124 Å². The highest BCUT2D eigenvalue weighted by atomic mass is 79.9. The largest absolute Gasteiger partial charge is 0.426 e. The van der Waals surface area contributed by atoms with Gasteiger partial charge in [-0.25, -0.2) is 9.59 Å². The van der Waals surface area contributed by atoms with Gasteiger partial charge >= 0.3 is 12.1 Å². The predicted molar refractivity (Wildman–Crippen MR) is 187 cm³/mol. The summed E-state index contributed by atoms with van der Waals surface area (Å²) in [5.74, 6) is 0.223. The van der Waals surface area contributed by atoms with Crippen LogP contribution in [-0.2, 0) is 27.2 Å². The molecule has 0 aromatic heterocycles. The molecular weight excluding hydrogens is 748 g/mol. The fraction of sp³-hybridized carbons (Fsp3) is 0.529. The smallest absolute Gasteiger partial charge is 0.322 e. The summed E-state index contributed by atoms with van der Waals surface area (Å²) in [6.07, 6.45) is 4.36. The average molecular weight is 791 g/mol. The Morgan fingerprint density at radius 2 is 1.62 bits per heavy atom. The summed E-state index contributed by atoms with van der Waals surface area (Å²) < 4.78 is 11.7. The third-order valence-electron chi connectivity index (χ3n) is 9.93. The van der Waals surface area contributed by atoms with Crippen molar-refractivity contribution in [3.8, 4) is 5.75 Å². The molecule has 4 heterocycles. The Balaban J connectivity index is 1.10. The van der Waals surface area contributed by atoms with Gasteiger partial charge in [0.1, 0.15) is 6.04 Å². The van der Waals surface area contributed by atoms with Crippen LogP contribution in [-0.4, -0.2) is 121 Å². The van der Waals surface area contributed by atoms with Crippen LogP contribution in [0.15, 0.2) is 45.3 Å². The number of anilines is 1. The third-order valence-corrected chi connectivity index (χ3v) is 11.1. The number of hydrogen-bond donors (Lipinski definition) is 2. The zero-order chi connectivity index (χ0) is 33.6. The number of para-hydroxylation sites is 1. The number of likely N-dealkylation sites (tertiary alicyclic amines) is 1. The lowest BCUT2D eigenvalue weighted by atomic mass is 10.0. The first-order valence-electron chi connectivity index (χ1n) is 16.7. The quantitative estimate of drug-likeness (QED) is 0.384. The number of piperidine rings is 1. The summed E-state index contributed by atoms with van der Waals surface area (Å²) in [7, 11) is 0. The highest BCUT2D eigenvalue weighted by Gasteiger charge is 2.35. The molecule has 2 N–H and O–H groups in total. The van der Waals surface area contributed by atoms with Gasteiger partial charge in [0.25, 0.3) is 6.47 Å². The van der Waals surface area contributed by atoms with Crippen molar-refractivity contribution in [2.45, 2.75) is 56.7 Å². The van der Waals surface area contributed by atoms with Gasteiger partial charge in [0, 0.05) is 83.2 Å². The zero-order valence-corrected chi connectivity index (χ0v) is 30.0. The van der Waals surface area contributed by atoms with Gasteiger partial charge in [-0.3, -0.25) is 14.5 Å². The number of fused-ring (bicyclic) bond motifs is 1. The minimum absolute atomic E-state index is 0.0228. The standard InChI is InChI=1S/C34H42Br2N6O6/c35-27-19-23(20-28(36)31(27)48-22-43)21-30(32(44)40-15-13-39(14-16-40)25-8-17-47-18-9-25)38-33(45)41-10-6-26(7-11-41)42-12-5-24-3-1-2-4-29(24)37-34(42)46/h1-4,19-20,22,25-26,30H,5-18,21H2,(H,37,46)(H,38,45)/t30-/m1/s1. The molecule has 4 aliphatic heterocycles. The molecule has 0 bridgehead atoms. The van der Waals surface area contributed by atoms with Crippen LogP contribution in [0.2, 0.25) is 0 Å². The second-order valence-corrected chi connectivity index (χ2v) is 14.5. The van der Waals surface area contributed by atoms with E-state index in [-0.39, 0.29) is 30.4 Å². The van der Waals surface area contributed by atoms with Crippen LogP contribution in [0.25, 0.3) is 0 Å². The molecule has 4 aliphatic rings. The van der Waals surface area contributed by atoms with E-state index in [4.69, 9.17) is 9.47 Å². The minimum Gasteiger partial charge on any atom is -0.426 e. The van der Waals surface area contributed by atoms with E-state index in [0.29, 0.717) is 72.8 Å². The number of piperazine rings is 1. The van der Waals surface area contributed by atoms with Gasteiger partial charge in [0.15, 0.2) is 5.75 Å². The second kappa shape index (κ2) is 16.0. The molecule has 12 nitrogen and oxygen atoms in total. The van der Waals surface area contributed by atoms with Crippen molar-refractivity contribution >= 4 is 62.0 Å². The van der Waals surface area contributed by atoms with E-state index in [0.717, 1.165) is 62.4 Å². The van der Waals surface area contributed by atoms with Crippen LogP contribution in [0.4, 0.5) is 15.3 Å². The Morgan fingerprint density at radius 1 is 0.938 bits per heavy atom. The Bertz CT molecular complexity index is 1470. The number of amides is 5. The van der Waals surface area contributed by atoms with Gasteiger partial charge < -0.3 is 34.8 Å². The first kappa shape index (κ1) is 34.7. The number of hydrogen-bond acceptors (Lipinski definition) is 7. The summed E-state index contributed by atoms with van der Waals surface area (Å²) >= 11 is 6.93. The minimum atomic E-state index is -0.795. The molecule has 14 heteroatoms. The lowest BCUT2D eigenvalue weighted by Gasteiger charge is -2.42. The van der Waals surface area contributed by atoms with Gasteiger partial charge in [-0.1, -0.05) is 18.2 Å². The van der Waals surface area contributed by atoms with Crippen LogP contribution in [0.5, 0.6) is 5.75 Å². The number of nitrogens with zero attached hydrogens (tertiary/aromatic N) is 4. The van der Waals surface area contributed by atoms with Crippen molar-refractivity contribution in [1.29, 1.82) is 0 Å². The maximum Gasteiger partial charge on any atom is 0.322 e. The Morgan fingerprint density at radius 3 is 2.31 bits per heavy atom. The van der Waals surface area contributed by atoms with E-state index < -0.39 is 6.04 Å². The van der Waals surface area contributed by atoms with E-state index in [1.807, 2.05) is 34.1 Å². The molecule has 2 aromatic rings. The molecule has 0 aliphatic carbocycles. The Hall–Kier alpha value is -3.20. The number of carbonyl (C=O) groups excluding carboxylic acids is 4. The number of nitrogens with one attached hydrogen (secondary N) is 2. The Labute approximate surface area is 297 Å². The molecule has 1 atom stereocenters. The molecule has 48 heavy (non-hydrogen) atoms. The number of halogens is 2. The lowest BCUT2D eigenvalue weighted by molar-refractivity contribution is -0.135. The molecular formula is C34H42Br2N6O6. The first-order chi connectivity index (χ1) is 23.3. The molecule has 3 fully saturated rings. The van der Waals surface area contributed by atoms with Gasteiger partial charge in [0.2, 0.25) is 5.91 Å². The first-order valence-corrected chi connectivity index (χ1v) is 18.3.